The summed E-state index contributed by atoms with van der Waals surface area (Å²) >= 11 is 0. The second kappa shape index (κ2) is 8.16. The van der Waals surface area contributed by atoms with Crippen LogP contribution in [0.5, 0.6) is 0 Å². The summed E-state index contributed by atoms with van der Waals surface area (Å²) < 4.78 is 0. The van der Waals surface area contributed by atoms with Gasteiger partial charge in [-0.05, 0) is 31.4 Å². The zero-order chi connectivity index (χ0) is 15.0. The molecule has 2 heteroatoms. The molecule has 20 heavy (non-hydrogen) atoms. The van der Waals surface area contributed by atoms with E-state index in [0.29, 0.717) is 0 Å². The maximum Gasteiger partial charge on any atom is 0.232 e. The largest absolute Gasteiger partial charge is 0.353 e. The van der Waals surface area contributed by atoms with E-state index >= 15 is 0 Å². The minimum absolute atomic E-state index is 0.0146. The van der Waals surface area contributed by atoms with E-state index in [1.165, 1.54) is 0 Å². The van der Waals surface area contributed by atoms with Crippen molar-refractivity contribution in [1.29, 1.82) is 0 Å². The van der Waals surface area contributed by atoms with Crippen LogP contribution in [0.1, 0.15) is 20.3 Å². The molecule has 106 valence electrons. The Labute approximate surface area is 122 Å². The molecule has 0 heterocycles. The zero-order valence-electron chi connectivity index (χ0n) is 12.3. The molecule has 1 unspecified atom stereocenters. The van der Waals surface area contributed by atoms with Crippen molar-refractivity contribution in [2.45, 2.75) is 26.3 Å². The van der Waals surface area contributed by atoms with Crippen LogP contribution in [-0.4, -0.2) is 11.9 Å². The summed E-state index contributed by atoms with van der Waals surface area (Å²) in [7, 11) is 0. The van der Waals surface area contributed by atoms with E-state index in [-0.39, 0.29) is 17.9 Å². The van der Waals surface area contributed by atoms with Gasteiger partial charge in [-0.2, -0.15) is 0 Å². The van der Waals surface area contributed by atoms with Crippen molar-refractivity contribution in [2.24, 2.45) is 5.92 Å². The summed E-state index contributed by atoms with van der Waals surface area (Å²) in [5.41, 5.74) is 1.81. The molecular weight excluding hydrogens is 246 g/mol. The highest BCUT2D eigenvalue weighted by Crippen LogP contribution is 2.25. The Morgan fingerprint density at radius 2 is 2.10 bits per heavy atom. The maximum absolute atomic E-state index is 12.5. The van der Waals surface area contributed by atoms with Gasteiger partial charge in [-0.1, -0.05) is 61.8 Å². The second-order valence-corrected chi connectivity index (χ2v) is 4.94. The van der Waals surface area contributed by atoms with Gasteiger partial charge in [-0.25, -0.2) is 0 Å². The lowest BCUT2D eigenvalue weighted by Gasteiger charge is -2.20. The smallest absolute Gasteiger partial charge is 0.232 e. The number of amides is 1. The van der Waals surface area contributed by atoms with E-state index in [2.05, 4.69) is 30.6 Å². The Balaban J connectivity index is 3.19. The van der Waals surface area contributed by atoms with Crippen LogP contribution in [0.25, 0.3) is 0 Å². The highest BCUT2D eigenvalue weighted by Gasteiger charge is 2.24. The van der Waals surface area contributed by atoms with E-state index < -0.39 is 0 Å². The molecule has 0 spiro atoms. The third-order valence-corrected chi connectivity index (χ3v) is 2.91. The SMILES string of the molecule is C=C/C=C(\C=C)C(C(=O)NC(C)C)C1=CC=CCC=C1. The fraction of sp³-hybridized carbons (Fsp3) is 0.278. The normalized spacial score (nSPS) is 16.4. The number of hydrogen-bond donors (Lipinski definition) is 1. The Morgan fingerprint density at radius 1 is 1.35 bits per heavy atom. The number of nitrogens with one attached hydrogen (secondary N) is 1. The van der Waals surface area contributed by atoms with Crippen molar-refractivity contribution in [3.63, 3.8) is 0 Å². The quantitative estimate of drug-likeness (QED) is 0.729. The van der Waals surface area contributed by atoms with Gasteiger partial charge in [0.25, 0.3) is 0 Å². The molecule has 0 saturated carbocycles. The van der Waals surface area contributed by atoms with Gasteiger partial charge in [0.15, 0.2) is 0 Å². The van der Waals surface area contributed by atoms with Crippen LogP contribution in [0.15, 0.2) is 72.9 Å². The average molecular weight is 269 g/mol. The first kappa shape index (κ1) is 16.0. The van der Waals surface area contributed by atoms with Crippen molar-refractivity contribution in [1.82, 2.24) is 5.32 Å². The fourth-order valence-electron chi connectivity index (χ4n) is 2.07. The van der Waals surface area contributed by atoms with Gasteiger partial charge in [0.1, 0.15) is 0 Å². The number of carbonyl (C=O) groups excluding carboxylic acids is 1. The first-order valence-corrected chi connectivity index (χ1v) is 6.88. The van der Waals surface area contributed by atoms with E-state index in [1.54, 1.807) is 12.2 Å². The third kappa shape index (κ3) is 4.54. The van der Waals surface area contributed by atoms with Gasteiger partial charge >= 0.3 is 0 Å². The van der Waals surface area contributed by atoms with Gasteiger partial charge in [0, 0.05) is 6.04 Å². The van der Waals surface area contributed by atoms with Crippen LogP contribution in [0.2, 0.25) is 0 Å². The first-order valence-electron chi connectivity index (χ1n) is 6.88. The second-order valence-electron chi connectivity index (χ2n) is 4.94. The number of hydrogen-bond acceptors (Lipinski definition) is 1. The molecule has 2 nitrogen and oxygen atoms in total. The van der Waals surface area contributed by atoms with E-state index in [9.17, 15) is 4.79 Å². The average Bonchev–Trinajstić information content (AvgIpc) is 2.66. The molecule has 0 aromatic carbocycles. The van der Waals surface area contributed by atoms with Crippen LogP contribution in [0.3, 0.4) is 0 Å². The molecule has 0 aromatic heterocycles. The van der Waals surface area contributed by atoms with E-state index in [4.69, 9.17) is 0 Å². The summed E-state index contributed by atoms with van der Waals surface area (Å²) in [6.45, 7) is 11.4. The lowest BCUT2D eigenvalue weighted by Crippen LogP contribution is -2.36. The Kier molecular flexibility index (Phi) is 6.51. The summed E-state index contributed by atoms with van der Waals surface area (Å²) in [5, 5.41) is 2.97. The van der Waals surface area contributed by atoms with Crippen molar-refractivity contribution >= 4 is 5.91 Å². The van der Waals surface area contributed by atoms with Gasteiger partial charge in [-0.3, -0.25) is 4.79 Å². The lowest BCUT2D eigenvalue weighted by molar-refractivity contribution is -0.123. The number of rotatable bonds is 6. The zero-order valence-corrected chi connectivity index (χ0v) is 12.3. The minimum atomic E-state index is -0.355. The molecule has 0 aromatic rings. The molecule has 0 fully saturated rings. The van der Waals surface area contributed by atoms with E-state index in [0.717, 1.165) is 17.6 Å². The predicted molar refractivity (Wildman–Crippen MR) is 86.2 cm³/mol. The Hall–Kier alpha value is -2.09. The molecule has 0 bridgehead atoms. The van der Waals surface area contributed by atoms with Crippen molar-refractivity contribution < 1.29 is 4.79 Å². The Bertz CT molecular complexity index is 490. The molecule has 0 radical (unpaired) electrons. The highest BCUT2D eigenvalue weighted by molar-refractivity contribution is 5.86. The van der Waals surface area contributed by atoms with Crippen LogP contribution in [0.4, 0.5) is 0 Å². The van der Waals surface area contributed by atoms with Gasteiger partial charge in [0.05, 0.1) is 5.92 Å². The minimum Gasteiger partial charge on any atom is -0.353 e. The first-order chi connectivity index (χ1) is 9.60. The molecule has 1 rings (SSSR count). The predicted octanol–water partition coefficient (Wildman–Crippen LogP) is 3.87. The third-order valence-electron chi connectivity index (χ3n) is 2.91. The lowest BCUT2D eigenvalue weighted by atomic mass is 9.88. The Morgan fingerprint density at radius 3 is 2.70 bits per heavy atom. The summed E-state index contributed by atoms with van der Waals surface area (Å²) in [6.07, 6.45) is 16.2. The van der Waals surface area contributed by atoms with E-state index in [1.807, 2.05) is 38.2 Å². The summed E-state index contributed by atoms with van der Waals surface area (Å²) in [6, 6.07) is 0.102. The number of carbonyl (C=O) groups is 1. The van der Waals surface area contributed by atoms with Crippen molar-refractivity contribution in [3.8, 4) is 0 Å². The molecule has 0 aliphatic heterocycles. The molecule has 1 amide bonds. The standard InChI is InChI=1S/C18H23NO/c1-5-11-15(6-2)17(18(20)19-14(3)4)16-12-9-7-8-10-13-16/h5-7,9-14,17H,1-2,8H2,3-4H3,(H,19,20)/b15-11+. The number of allylic oxidation sites excluding steroid dienone is 8. The van der Waals surface area contributed by atoms with Crippen LogP contribution >= 0.6 is 0 Å². The van der Waals surface area contributed by atoms with Crippen LogP contribution in [-0.2, 0) is 4.79 Å². The molecule has 0 saturated heterocycles. The van der Waals surface area contributed by atoms with Crippen molar-refractivity contribution in [3.05, 3.63) is 72.9 Å². The van der Waals surface area contributed by atoms with Gasteiger partial charge < -0.3 is 5.32 Å². The van der Waals surface area contributed by atoms with Crippen LogP contribution < -0.4 is 5.32 Å². The molecule has 1 aliphatic carbocycles. The highest BCUT2D eigenvalue weighted by atomic mass is 16.1. The summed E-state index contributed by atoms with van der Waals surface area (Å²) in [5.74, 6) is -0.369. The van der Waals surface area contributed by atoms with Gasteiger partial charge in [-0.15, -0.1) is 0 Å². The molecule has 1 N–H and O–H groups in total. The van der Waals surface area contributed by atoms with Crippen molar-refractivity contribution in [2.75, 3.05) is 0 Å². The maximum atomic E-state index is 12.5. The topological polar surface area (TPSA) is 29.1 Å². The monoisotopic (exact) mass is 269 g/mol. The summed E-state index contributed by atoms with van der Waals surface area (Å²) in [4.78, 5) is 12.5. The molecular formula is C18H23NO. The van der Waals surface area contributed by atoms with Gasteiger partial charge in [0.2, 0.25) is 5.91 Å². The molecule has 1 atom stereocenters. The fourth-order valence-corrected chi connectivity index (χ4v) is 2.07. The molecule has 1 aliphatic rings. The van der Waals surface area contributed by atoms with Crippen LogP contribution in [0, 0.1) is 5.92 Å².